The number of aryl methyl sites for hydroxylation is 4. The summed E-state index contributed by atoms with van der Waals surface area (Å²) >= 11 is 1.82. The van der Waals surface area contributed by atoms with Crippen molar-refractivity contribution >= 4 is 11.8 Å². The summed E-state index contributed by atoms with van der Waals surface area (Å²) in [4.78, 5) is 7.46. The molecule has 3 aromatic carbocycles. The van der Waals surface area contributed by atoms with E-state index in [2.05, 4.69) is 128 Å². The summed E-state index contributed by atoms with van der Waals surface area (Å²) in [6.07, 6.45) is 5.11. The minimum Gasteiger partial charge on any atom is -0.299 e. The number of rotatable bonds is 6. The average Bonchev–Trinajstić information content (AvgIpc) is 3.28. The monoisotopic (exact) mass is 496 g/mol. The van der Waals surface area contributed by atoms with Crippen LogP contribution in [0.4, 0.5) is 0 Å². The first-order valence-corrected chi connectivity index (χ1v) is 13.8. The lowest BCUT2D eigenvalue weighted by atomic mass is 9.61. The zero-order valence-corrected chi connectivity index (χ0v) is 24.2. The lowest BCUT2D eigenvalue weighted by molar-refractivity contribution is 0.196. The van der Waals surface area contributed by atoms with Crippen molar-refractivity contribution in [3.63, 3.8) is 0 Å². The van der Waals surface area contributed by atoms with Gasteiger partial charge in [0.05, 0.1) is 5.69 Å². The van der Waals surface area contributed by atoms with Gasteiger partial charge in [-0.1, -0.05) is 87.8 Å². The minimum absolute atomic E-state index is 0.0104. The van der Waals surface area contributed by atoms with Gasteiger partial charge in [-0.15, -0.1) is 0 Å². The summed E-state index contributed by atoms with van der Waals surface area (Å²) in [5, 5.41) is 0. The molecule has 0 amide bonds. The predicted octanol–water partition coefficient (Wildman–Crippen LogP) is 9.64. The van der Waals surface area contributed by atoms with E-state index < -0.39 is 0 Å². The molecular weight excluding hydrogens is 456 g/mol. The van der Waals surface area contributed by atoms with Crippen molar-refractivity contribution in [2.45, 2.75) is 83.9 Å². The van der Waals surface area contributed by atoms with Gasteiger partial charge in [-0.2, -0.15) is 0 Å². The van der Waals surface area contributed by atoms with Crippen molar-refractivity contribution in [2.75, 3.05) is 0 Å². The maximum atomic E-state index is 4.97. The summed E-state index contributed by atoms with van der Waals surface area (Å²) in [7, 11) is 0. The Morgan fingerprint density at radius 3 is 1.97 bits per heavy atom. The zero-order chi connectivity index (χ0) is 26.3. The van der Waals surface area contributed by atoms with Gasteiger partial charge >= 0.3 is 0 Å². The third-order valence-corrected chi connectivity index (χ3v) is 8.96. The minimum atomic E-state index is -0.0104. The quantitative estimate of drug-likeness (QED) is 0.264. The first-order valence-electron chi connectivity index (χ1n) is 13.0. The van der Waals surface area contributed by atoms with E-state index in [1.54, 1.807) is 0 Å². The molecule has 1 heterocycles. The molecule has 0 aliphatic heterocycles. The smallest absolute Gasteiger partial charge is 0.144 e. The molecule has 36 heavy (non-hydrogen) atoms. The van der Waals surface area contributed by atoms with Crippen LogP contribution in [0.15, 0.2) is 76.8 Å². The number of benzene rings is 3. The van der Waals surface area contributed by atoms with Crippen molar-refractivity contribution in [2.24, 2.45) is 5.41 Å². The third kappa shape index (κ3) is 4.91. The van der Waals surface area contributed by atoms with E-state index in [1.807, 2.05) is 18.0 Å². The molecule has 1 unspecified atom stereocenters. The Bertz CT molecular complexity index is 1350. The predicted molar refractivity (Wildman–Crippen MR) is 156 cm³/mol. The van der Waals surface area contributed by atoms with Gasteiger partial charge in [0.15, 0.2) is 0 Å². The highest BCUT2D eigenvalue weighted by Gasteiger charge is 2.39. The number of nitrogens with zero attached hydrogens (tertiary/aromatic N) is 2. The second-order valence-corrected chi connectivity index (χ2v) is 12.6. The van der Waals surface area contributed by atoms with E-state index in [4.69, 9.17) is 4.98 Å². The molecule has 0 bridgehead atoms. The van der Waals surface area contributed by atoms with Crippen LogP contribution >= 0.6 is 11.8 Å². The second kappa shape index (κ2) is 9.94. The van der Waals surface area contributed by atoms with Crippen LogP contribution in [0, 0.1) is 33.1 Å². The summed E-state index contributed by atoms with van der Waals surface area (Å²) in [6, 6.07) is 20.3. The van der Waals surface area contributed by atoms with E-state index in [9.17, 15) is 0 Å². The normalized spacial score (nSPS) is 13.6. The number of hydrogen-bond acceptors (Lipinski definition) is 2. The molecule has 3 heteroatoms. The van der Waals surface area contributed by atoms with Crippen LogP contribution < -0.4 is 0 Å². The van der Waals surface area contributed by atoms with Crippen LogP contribution in [0.25, 0.3) is 17.1 Å². The summed E-state index contributed by atoms with van der Waals surface area (Å²) in [5.41, 5.74) is 9.00. The first kappa shape index (κ1) is 26.3. The highest BCUT2D eigenvalue weighted by molar-refractivity contribution is 7.99. The van der Waals surface area contributed by atoms with E-state index in [1.165, 1.54) is 48.9 Å². The van der Waals surface area contributed by atoms with Gasteiger partial charge in [0, 0.05) is 27.7 Å². The molecule has 2 nitrogen and oxygen atoms in total. The standard InChI is InChI=1S/C33H40N2S/c1-10-33(9,32(6,7)8)29-16-15-27(36-26-13-11-22(2)12-14-26)21-28(29)31-34-17-18-35(31)30-24(4)19-23(3)20-25(30)5/h11-21H,10H2,1-9H3. The molecule has 188 valence electrons. The fourth-order valence-electron chi connectivity index (χ4n) is 5.36. The molecular formula is C33H40N2S. The molecule has 0 saturated carbocycles. The van der Waals surface area contributed by atoms with Gasteiger partial charge in [-0.3, -0.25) is 4.57 Å². The van der Waals surface area contributed by atoms with Crippen LogP contribution in [0.2, 0.25) is 0 Å². The summed E-state index contributed by atoms with van der Waals surface area (Å²) < 4.78 is 2.29. The van der Waals surface area contributed by atoms with Crippen molar-refractivity contribution in [3.8, 4) is 17.1 Å². The Labute approximate surface area is 222 Å². The van der Waals surface area contributed by atoms with Gasteiger partial charge in [-0.05, 0) is 85.9 Å². The lowest BCUT2D eigenvalue weighted by Crippen LogP contribution is -2.37. The van der Waals surface area contributed by atoms with Crippen molar-refractivity contribution in [1.82, 2.24) is 9.55 Å². The second-order valence-electron chi connectivity index (χ2n) is 11.4. The van der Waals surface area contributed by atoms with E-state index >= 15 is 0 Å². The van der Waals surface area contributed by atoms with Crippen LogP contribution in [-0.2, 0) is 5.41 Å². The van der Waals surface area contributed by atoms with Crippen LogP contribution in [-0.4, -0.2) is 9.55 Å². The Kier molecular flexibility index (Phi) is 7.26. The molecule has 1 atom stereocenters. The van der Waals surface area contributed by atoms with Crippen LogP contribution in [0.3, 0.4) is 0 Å². The van der Waals surface area contributed by atoms with E-state index in [0.717, 1.165) is 12.2 Å². The van der Waals surface area contributed by atoms with E-state index in [0.29, 0.717) is 0 Å². The van der Waals surface area contributed by atoms with Gasteiger partial charge in [0.1, 0.15) is 5.82 Å². The Morgan fingerprint density at radius 1 is 0.778 bits per heavy atom. The Morgan fingerprint density at radius 2 is 1.39 bits per heavy atom. The maximum Gasteiger partial charge on any atom is 0.144 e. The molecule has 4 aromatic rings. The third-order valence-electron chi connectivity index (χ3n) is 7.96. The fourth-order valence-corrected chi connectivity index (χ4v) is 6.21. The average molecular weight is 497 g/mol. The lowest BCUT2D eigenvalue weighted by Gasteiger charge is -2.43. The molecule has 0 aliphatic carbocycles. The SMILES string of the molecule is CCC(C)(c1ccc(Sc2ccc(C)cc2)cc1-c1nccn1-c1c(C)cc(C)cc1C)C(C)(C)C. The zero-order valence-electron chi connectivity index (χ0n) is 23.4. The highest BCUT2D eigenvalue weighted by atomic mass is 32.2. The van der Waals surface area contributed by atoms with E-state index in [-0.39, 0.29) is 10.8 Å². The summed E-state index contributed by atoms with van der Waals surface area (Å²) in [5.74, 6) is 1.01. The molecule has 0 N–H and O–H groups in total. The molecule has 4 rings (SSSR count). The number of aromatic nitrogens is 2. The topological polar surface area (TPSA) is 17.8 Å². The number of hydrogen-bond donors (Lipinski definition) is 0. The van der Waals surface area contributed by atoms with Crippen LogP contribution in [0.5, 0.6) is 0 Å². The van der Waals surface area contributed by atoms with Gasteiger partial charge in [-0.25, -0.2) is 4.98 Å². The first-order chi connectivity index (χ1) is 16.9. The molecule has 0 spiro atoms. The molecule has 0 radical (unpaired) electrons. The molecule has 0 aliphatic rings. The maximum absolute atomic E-state index is 4.97. The Hall–Kier alpha value is -2.78. The molecule has 0 fully saturated rings. The van der Waals surface area contributed by atoms with Gasteiger partial charge < -0.3 is 0 Å². The van der Waals surface area contributed by atoms with Crippen molar-refractivity contribution in [3.05, 3.63) is 94.8 Å². The van der Waals surface area contributed by atoms with Crippen LogP contribution in [0.1, 0.15) is 68.9 Å². The summed E-state index contributed by atoms with van der Waals surface area (Å²) in [6.45, 7) is 20.5. The largest absolute Gasteiger partial charge is 0.299 e. The van der Waals surface area contributed by atoms with Gasteiger partial charge in [0.25, 0.3) is 0 Å². The Balaban J connectivity index is 1.94. The fraction of sp³-hybridized carbons (Fsp3) is 0.364. The highest BCUT2D eigenvalue weighted by Crippen LogP contribution is 2.48. The molecule has 0 saturated heterocycles. The van der Waals surface area contributed by atoms with Crippen molar-refractivity contribution < 1.29 is 0 Å². The van der Waals surface area contributed by atoms with Gasteiger partial charge in [0.2, 0.25) is 0 Å². The number of imidazole rings is 1. The molecule has 1 aromatic heterocycles. The van der Waals surface area contributed by atoms with Crippen molar-refractivity contribution in [1.29, 1.82) is 0 Å².